The zero-order valence-corrected chi connectivity index (χ0v) is 18.5. The summed E-state index contributed by atoms with van der Waals surface area (Å²) in [6, 6.07) is 13.8. The van der Waals surface area contributed by atoms with E-state index in [9.17, 15) is 0 Å². The molecule has 1 aliphatic rings. The lowest BCUT2D eigenvalue weighted by atomic mass is 10.2. The van der Waals surface area contributed by atoms with Crippen LogP contribution in [0.2, 0.25) is 10.0 Å². The summed E-state index contributed by atoms with van der Waals surface area (Å²) in [5, 5.41) is 5.78. The molecule has 0 amide bonds. The molecule has 4 rings (SSSR count). The highest BCUT2D eigenvalue weighted by molar-refractivity contribution is 6.35. The third kappa shape index (κ3) is 4.95. The zero-order valence-electron chi connectivity index (χ0n) is 16.9. The van der Waals surface area contributed by atoms with E-state index in [0.717, 1.165) is 66.0 Å². The van der Waals surface area contributed by atoms with Crippen molar-refractivity contribution in [2.24, 2.45) is 0 Å². The summed E-state index contributed by atoms with van der Waals surface area (Å²) in [7, 11) is 1.70. The maximum absolute atomic E-state index is 6.34. The first-order valence-corrected chi connectivity index (χ1v) is 10.8. The van der Waals surface area contributed by atoms with Crippen molar-refractivity contribution in [1.82, 2.24) is 14.9 Å². The molecular formula is C22H25Cl2N5O. The molecule has 6 nitrogen and oxygen atoms in total. The molecule has 1 aromatic heterocycles. The maximum Gasteiger partial charge on any atom is 0.227 e. The third-order valence-corrected chi connectivity index (χ3v) is 5.84. The first kappa shape index (κ1) is 21.1. The normalized spacial score (nSPS) is 15.0. The lowest BCUT2D eigenvalue weighted by Crippen LogP contribution is -2.46. The molecule has 0 aliphatic carbocycles. The van der Waals surface area contributed by atoms with Crippen LogP contribution in [-0.4, -0.2) is 61.3 Å². The van der Waals surface area contributed by atoms with Gasteiger partial charge in [-0.3, -0.25) is 4.90 Å². The highest BCUT2D eigenvalue weighted by atomic mass is 35.5. The van der Waals surface area contributed by atoms with Crippen LogP contribution in [0.1, 0.15) is 5.56 Å². The Balaban J connectivity index is 1.46. The molecule has 0 unspecified atom stereocenters. The number of benzene rings is 2. The van der Waals surface area contributed by atoms with E-state index in [-0.39, 0.29) is 0 Å². The topological polar surface area (TPSA) is 53.5 Å². The quantitative estimate of drug-likeness (QED) is 0.546. The van der Waals surface area contributed by atoms with Gasteiger partial charge in [0.1, 0.15) is 5.82 Å². The van der Waals surface area contributed by atoms with Crippen molar-refractivity contribution in [2.45, 2.75) is 6.54 Å². The highest BCUT2D eigenvalue weighted by Gasteiger charge is 2.21. The molecule has 1 N–H and O–H groups in total. The Kier molecular flexibility index (Phi) is 6.89. The van der Waals surface area contributed by atoms with Crippen molar-refractivity contribution in [3.8, 4) is 0 Å². The van der Waals surface area contributed by atoms with Crippen LogP contribution in [0.25, 0.3) is 10.9 Å². The number of anilines is 2. The summed E-state index contributed by atoms with van der Waals surface area (Å²) in [6.45, 7) is 5.70. The fraction of sp³-hybridized carbons (Fsp3) is 0.364. The summed E-state index contributed by atoms with van der Waals surface area (Å²) in [6.07, 6.45) is 0. The number of fused-ring (bicyclic) bond motifs is 1. The van der Waals surface area contributed by atoms with Crippen molar-refractivity contribution in [3.05, 3.63) is 58.1 Å². The van der Waals surface area contributed by atoms with E-state index in [0.29, 0.717) is 18.2 Å². The Bertz CT molecular complexity index is 1010. The SMILES string of the molecule is COCCNc1nc(N2CCN(Cc3ccc(Cl)cc3Cl)CC2)nc2ccccc12. The number of halogens is 2. The van der Waals surface area contributed by atoms with Crippen molar-refractivity contribution < 1.29 is 4.74 Å². The van der Waals surface area contributed by atoms with Gasteiger partial charge in [0.05, 0.1) is 12.1 Å². The molecule has 8 heteroatoms. The Morgan fingerprint density at radius 1 is 1.03 bits per heavy atom. The monoisotopic (exact) mass is 445 g/mol. The number of para-hydroxylation sites is 1. The van der Waals surface area contributed by atoms with Crippen molar-refractivity contribution in [2.75, 3.05) is 56.7 Å². The molecule has 1 fully saturated rings. The fourth-order valence-electron chi connectivity index (χ4n) is 3.61. The van der Waals surface area contributed by atoms with Crippen LogP contribution in [0.5, 0.6) is 0 Å². The lowest BCUT2D eigenvalue weighted by molar-refractivity contribution is 0.210. The number of nitrogens with one attached hydrogen (secondary N) is 1. The number of ether oxygens (including phenoxy) is 1. The van der Waals surface area contributed by atoms with E-state index in [1.54, 1.807) is 13.2 Å². The number of hydrogen-bond donors (Lipinski definition) is 1. The Labute approximate surface area is 186 Å². The molecule has 30 heavy (non-hydrogen) atoms. The Hall–Kier alpha value is -2.12. The van der Waals surface area contributed by atoms with Gasteiger partial charge in [0.15, 0.2) is 0 Å². The van der Waals surface area contributed by atoms with Gasteiger partial charge in [-0.05, 0) is 29.8 Å². The summed E-state index contributed by atoms with van der Waals surface area (Å²) < 4.78 is 5.16. The van der Waals surface area contributed by atoms with E-state index in [4.69, 9.17) is 37.9 Å². The van der Waals surface area contributed by atoms with Crippen LogP contribution in [0.4, 0.5) is 11.8 Å². The molecule has 1 saturated heterocycles. The molecule has 0 bridgehead atoms. The fourth-order valence-corrected chi connectivity index (χ4v) is 4.08. The van der Waals surface area contributed by atoms with Gasteiger partial charge in [0, 0.05) is 61.8 Å². The van der Waals surface area contributed by atoms with Gasteiger partial charge in [0.25, 0.3) is 0 Å². The van der Waals surface area contributed by atoms with Crippen molar-refractivity contribution >= 4 is 45.9 Å². The predicted molar refractivity (Wildman–Crippen MR) is 124 cm³/mol. The third-order valence-electron chi connectivity index (χ3n) is 5.25. The molecule has 0 saturated carbocycles. The second kappa shape index (κ2) is 9.79. The summed E-state index contributed by atoms with van der Waals surface area (Å²) in [5.74, 6) is 1.61. The van der Waals surface area contributed by atoms with Gasteiger partial charge in [-0.2, -0.15) is 4.98 Å². The second-order valence-corrected chi connectivity index (χ2v) is 8.15. The molecule has 0 spiro atoms. The number of hydrogen-bond acceptors (Lipinski definition) is 6. The average Bonchev–Trinajstić information content (AvgIpc) is 2.76. The van der Waals surface area contributed by atoms with Crippen LogP contribution in [0.3, 0.4) is 0 Å². The van der Waals surface area contributed by atoms with Gasteiger partial charge in [-0.25, -0.2) is 4.98 Å². The van der Waals surface area contributed by atoms with E-state index >= 15 is 0 Å². The molecule has 0 radical (unpaired) electrons. The molecule has 2 aromatic carbocycles. The standard InChI is InChI=1S/C22H25Cl2N5O/c1-30-13-8-25-21-18-4-2-3-5-20(18)26-22(27-21)29-11-9-28(10-12-29)15-16-6-7-17(23)14-19(16)24/h2-7,14H,8-13,15H2,1H3,(H,25,26,27). The Morgan fingerprint density at radius 2 is 1.83 bits per heavy atom. The van der Waals surface area contributed by atoms with Gasteiger partial charge in [-0.15, -0.1) is 0 Å². The van der Waals surface area contributed by atoms with Gasteiger partial charge in [0.2, 0.25) is 5.95 Å². The maximum atomic E-state index is 6.34. The first-order valence-electron chi connectivity index (χ1n) is 10.0. The Morgan fingerprint density at radius 3 is 2.60 bits per heavy atom. The van der Waals surface area contributed by atoms with Crippen molar-refractivity contribution in [1.29, 1.82) is 0 Å². The van der Waals surface area contributed by atoms with Crippen LogP contribution in [-0.2, 0) is 11.3 Å². The van der Waals surface area contributed by atoms with Crippen LogP contribution in [0, 0.1) is 0 Å². The number of aromatic nitrogens is 2. The number of methoxy groups -OCH3 is 1. The summed E-state index contributed by atoms with van der Waals surface area (Å²) in [4.78, 5) is 14.3. The van der Waals surface area contributed by atoms with Crippen LogP contribution >= 0.6 is 23.2 Å². The molecule has 1 aliphatic heterocycles. The van der Waals surface area contributed by atoms with Gasteiger partial charge < -0.3 is 15.0 Å². The zero-order chi connectivity index (χ0) is 20.9. The smallest absolute Gasteiger partial charge is 0.227 e. The van der Waals surface area contributed by atoms with E-state index in [1.807, 2.05) is 36.4 Å². The predicted octanol–water partition coefficient (Wildman–Crippen LogP) is 4.32. The summed E-state index contributed by atoms with van der Waals surface area (Å²) >= 11 is 12.4. The molecule has 2 heterocycles. The minimum atomic E-state index is 0.625. The molecule has 3 aromatic rings. The van der Waals surface area contributed by atoms with E-state index in [1.165, 1.54) is 0 Å². The van der Waals surface area contributed by atoms with E-state index < -0.39 is 0 Å². The second-order valence-electron chi connectivity index (χ2n) is 7.31. The number of rotatable bonds is 7. The average molecular weight is 446 g/mol. The van der Waals surface area contributed by atoms with E-state index in [2.05, 4.69) is 15.1 Å². The molecular weight excluding hydrogens is 421 g/mol. The number of nitrogens with zero attached hydrogens (tertiary/aromatic N) is 4. The van der Waals surface area contributed by atoms with Gasteiger partial charge in [-0.1, -0.05) is 41.4 Å². The molecule has 0 atom stereocenters. The number of piperazine rings is 1. The lowest BCUT2D eigenvalue weighted by Gasteiger charge is -2.35. The molecule has 158 valence electrons. The largest absolute Gasteiger partial charge is 0.383 e. The first-order chi connectivity index (χ1) is 14.6. The highest BCUT2D eigenvalue weighted by Crippen LogP contribution is 2.25. The minimum Gasteiger partial charge on any atom is -0.383 e. The van der Waals surface area contributed by atoms with Gasteiger partial charge >= 0.3 is 0 Å². The minimum absolute atomic E-state index is 0.625. The van der Waals surface area contributed by atoms with Crippen LogP contribution < -0.4 is 10.2 Å². The van der Waals surface area contributed by atoms with Crippen molar-refractivity contribution in [3.63, 3.8) is 0 Å². The van der Waals surface area contributed by atoms with Crippen LogP contribution in [0.15, 0.2) is 42.5 Å². The summed E-state index contributed by atoms with van der Waals surface area (Å²) in [5.41, 5.74) is 2.04.